The fourth-order valence-corrected chi connectivity index (χ4v) is 2.34. The Labute approximate surface area is 138 Å². The van der Waals surface area contributed by atoms with Crippen LogP contribution in [0.2, 0.25) is 0 Å². The number of amides is 1. The van der Waals surface area contributed by atoms with Gasteiger partial charge in [-0.3, -0.25) is 4.79 Å². The van der Waals surface area contributed by atoms with Crippen LogP contribution >= 0.6 is 22.6 Å². The van der Waals surface area contributed by atoms with Crippen molar-refractivity contribution in [2.75, 3.05) is 18.6 Å². The molecule has 3 nitrogen and oxygen atoms in total. The average Bonchev–Trinajstić information content (AvgIpc) is 2.53. The van der Waals surface area contributed by atoms with Gasteiger partial charge in [-0.25, -0.2) is 0 Å². The van der Waals surface area contributed by atoms with Gasteiger partial charge in [0.2, 0.25) is 0 Å². The maximum Gasteiger partial charge on any atom is 0.256 e. The number of hydrogen-bond acceptors (Lipinski definition) is 2. The molecule has 108 valence electrons. The first-order chi connectivity index (χ1) is 10.1. The number of rotatable bonds is 5. The Bertz CT molecular complexity index is 640. The Morgan fingerprint density at radius 3 is 2.43 bits per heavy atom. The van der Waals surface area contributed by atoms with Crippen LogP contribution in [0.1, 0.15) is 0 Å². The number of nitrogens with zero attached hydrogens (tertiary/aromatic N) is 1. The van der Waals surface area contributed by atoms with E-state index in [2.05, 4.69) is 29.2 Å². The first-order valence-electron chi connectivity index (χ1n) is 6.48. The smallest absolute Gasteiger partial charge is 0.256 e. The summed E-state index contributed by atoms with van der Waals surface area (Å²) in [7, 11) is 1.73. The molecular weight excluding hydrogens is 377 g/mol. The van der Waals surface area contributed by atoms with Gasteiger partial charge < -0.3 is 9.64 Å². The molecule has 0 N–H and O–H groups in total. The Morgan fingerprint density at radius 2 is 1.76 bits per heavy atom. The molecule has 0 atom stereocenters. The van der Waals surface area contributed by atoms with Gasteiger partial charge in [-0.1, -0.05) is 36.9 Å². The van der Waals surface area contributed by atoms with Gasteiger partial charge in [0.25, 0.3) is 5.91 Å². The van der Waals surface area contributed by atoms with Crippen LogP contribution in [-0.4, -0.2) is 19.6 Å². The van der Waals surface area contributed by atoms with Crippen molar-refractivity contribution < 1.29 is 9.53 Å². The molecule has 0 aliphatic heterocycles. The molecule has 0 aliphatic rings. The van der Waals surface area contributed by atoms with Crippen LogP contribution in [0, 0.1) is 3.57 Å². The molecule has 2 aromatic rings. The molecule has 4 heteroatoms. The van der Waals surface area contributed by atoms with E-state index in [0.717, 1.165) is 15.0 Å². The molecule has 2 aromatic carbocycles. The first-order valence-corrected chi connectivity index (χ1v) is 7.55. The number of carbonyl (C=O) groups excluding carboxylic acids is 1. The van der Waals surface area contributed by atoms with Gasteiger partial charge in [-0.2, -0.15) is 0 Å². The zero-order valence-corrected chi connectivity index (χ0v) is 13.9. The second-order valence-corrected chi connectivity index (χ2v) is 5.68. The number of likely N-dealkylation sites (N-methyl/N-ethyl adjacent to an activating group) is 1. The summed E-state index contributed by atoms with van der Waals surface area (Å²) in [5.41, 5.74) is 1.25. The number of ether oxygens (including phenoxy) is 1. The highest BCUT2D eigenvalue weighted by Gasteiger charge is 2.15. The lowest BCUT2D eigenvalue weighted by Crippen LogP contribution is -2.29. The third-order valence-electron chi connectivity index (χ3n) is 2.99. The molecule has 0 radical (unpaired) electrons. The number of halogens is 1. The Hall–Kier alpha value is -1.82. The second kappa shape index (κ2) is 7.26. The van der Waals surface area contributed by atoms with Gasteiger partial charge in [0.1, 0.15) is 12.4 Å². The summed E-state index contributed by atoms with van der Waals surface area (Å²) >= 11 is 2.20. The van der Waals surface area contributed by atoms with Gasteiger partial charge in [0, 0.05) is 18.3 Å². The summed E-state index contributed by atoms with van der Waals surface area (Å²) in [5, 5.41) is 0. The van der Waals surface area contributed by atoms with E-state index < -0.39 is 0 Å². The zero-order chi connectivity index (χ0) is 15.2. The minimum atomic E-state index is -0.146. The SMILES string of the molecule is C=C(COc1ccccc1I)C(=O)N(C)c1ccccc1. The monoisotopic (exact) mass is 393 g/mol. The van der Waals surface area contributed by atoms with Gasteiger partial charge in [-0.15, -0.1) is 0 Å². The van der Waals surface area contributed by atoms with E-state index >= 15 is 0 Å². The van der Waals surface area contributed by atoms with E-state index in [9.17, 15) is 4.79 Å². The fraction of sp³-hybridized carbons (Fsp3) is 0.118. The second-order valence-electron chi connectivity index (χ2n) is 4.52. The summed E-state index contributed by atoms with van der Waals surface area (Å²) in [5.74, 6) is 0.613. The van der Waals surface area contributed by atoms with Gasteiger partial charge in [-0.05, 0) is 46.9 Å². The van der Waals surface area contributed by atoms with Crippen LogP contribution in [0.5, 0.6) is 5.75 Å². The van der Waals surface area contributed by atoms with Crippen LogP contribution in [0.3, 0.4) is 0 Å². The molecule has 0 saturated carbocycles. The van der Waals surface area contributed by atoms with E-state index in [1.54, 1.807) is 11.9 Å². The average molecular weight is 393 g/mol. The summed E-state index contributed by atoms with van der Waals surface area (Å²) in [6.07, 6.45) is 0. The highest BCUT2D eigenvalue weighted by atomic mass is 127. The lowest BCUT2D eigenvalue weighted by Gasteiger charge is -2.19. The Balaban J connectivity index is 1.97. The quantitative estimate of drug-likeness (QED) is 0.570. The van der Waals surface area contributed by atoms with Crippen LogP contribution in [0.15, 0.2) is 66.7 Å². The molecule has 2 rings (SSSR count). The van der Waals surface area contributed by atoms with Crippen molar-refractivity contribution in [3.8, 4) is 5.75 Å². The van der Waals surface area contributed by atoms with E-state index in [-0.39, 0.29) is 12.5 Å². The van der Waals surface area contributed by atoms with Gasteiger partial charge in [0.15, 0.2) is 0 Å². The van der Waals surface area contributed by atoms with Crippen molar-refractivity contribution in [1.29, 1.82) is 0 Å². The van der Waals surface area contributed by atoms with Crippen LogP contribution in [0.4, 0.5) is 5.69 Å². The molecule has 0 aromatic heterocycles. The predicted molar refractivity (Wildman–Crippen MR) is 93.6 cm³/mol. The number of anilines is 1. The lowest BCUT2D eigenvalue weighted by atomic mass is 10.2. The maximum atomic E-state index is 12.3. The molecule has 0 unspecified atom stereocenters. The molecule has 0 bridgehead atoms. The third kappa shape index (κ3) is 4.07. The number of hydrogen-bond donors (Lipinski definition) is 0. The molecule has 0 aliphatic carbocycles. The van der Waals surface area contributed by atoms with Crippen molar-refractivity contribution in [3.63, 3.8) is 0 Å². The van der Waals surface area contributed by atoms with E-state index in [0.29, 0.717) is 5.57 Å². The van der Waals surface area contributed by atoms with E-state index in [1.807, 2.05) is 54.6 Å². The van der Waals surface area contributed by atoms with Crippen LogP contribution < -0.4 is 9.64 Å². The molecule has 0 saturated heterocycles. The summed E-state index contributed by atoms with van der Waals surface area (Å²) < 4.78 is 6.66. The van der Waals surface area contributed by atoms with Crippen molar-refractivity contribution in [3.05, 3.63) is 70.3 Å². The Morgan fingerprint density at radius 1 is 1.14 bits per heavy atom. The van der Waals surface area contributed by atoms with E-state index in [4.69, 9.17) is 4.74 Å². The van der Waals surface area contributed by atoms with Crippen molar-refractivity contribution in [2.45, 2.75) is 0 Å². The topological polar surface area (TPSA) is 29.5 Å². The molecule has 1 amide bonds. The molecule has 0 fully saturated rings. The van der Waals surface area contributed by atoms with Gasteiger partial charge in [0.05, 0.1) is 3.57 Å². The zero-order valence-electron chi connectivity index (χ0n) is 11.8. The molecule has 21 heavy (non-hydrogen) atoms. The minimum absolute atomic E-state index is 0.146. The molecular formula is C17H16INO2. The summed E-state index contributed by atoms with van der Waals surface area (Å²) in [6.45, 7) is 4.00. The maximum absolute atomic E-state index is 12.3. The van der Waals surface area contributed by atoms with Crippen molar-refractivity contribution in [2.24, 2.45) is 0 Å². The fourth-order valence-electron chi connectivity index (χ4n) is 1.79. The number of para-hydroxylation sites is 2. The minimum Gasteiger partial charge on any atom is -0.488 e. The first kappa shape index (κ1) is 15.6. The highest BCUT2D eigenvalue weighted by Crippen LogP contribution is 2.20. The van der Waals surface area contributed by atoms with Crippen molar-refractivity contribution >= 4 is 34.2 Å². The normalized spacial score (nSPS) is 10.0. The standard InChI is InChI=1S/C17H16INO2/c1-13(12-21-16-11-7-6-10-15(16)18)17(20)19(2)14-8-4-3-5-9-14/h3-11H,1,12H2,2H3. The number of carbonyl (C=O) groups is 1. The third-order valence-corrected chi connectivity index (χ3v) is 3.88. The van der Waals surface area contributed by atoms with Crippen LogP contribution in [0.25, 0.3) is 0 Å². The number of benzene rings is 2. The molecule has 0 spiro atoms. The van der Waals surface area contributed by atoms with Crippen LogP contribution in [-0.2, 0) is 4.79 Å². The van der Waals surface area contributed by atoms with E-state index in [1.165, 1.54) is 0 Å². The summed E-state index contributed by atoms with van der Waals surface area (Å²) in [6, 6.07) is 17.1. The highest BCUT2D eigenvalue weighted by molar-refractivity contribution is 14.1. The van der Waals surface area contributed by atoms with Gasteiger partial charge >= 0.3 is 0 Å². The van der Waals surface area contributed by atoms with Crippen molar-refractivity contribution in [1.82, 2.24) is 0 Å². The Kier molecular flexibility index (Phi) is 5.38. The summed E-state index contributed by atoms with van der Waals surface area (Å²) in [4.78, 5) is 13.9. The lowest BCUT2D eigenvalue weighted by molar-refractivity contribution is -0.115. The largest absolute Gasteiger partial charge is 0.488 e. The molecule has 0 heterocycles. The predicted octanol–water partition coefficient (Wildman–Crippen LogP) is 3.89.